The topological polar surface area (TPSA) is 52.0 Å². The molecule has 2 aromatic rings. The fraction of sp³-hybridized carbons (Fsp3) is 0.600. The van der Waals surface area contributed by atoms with Gasteiger partial charge < -0.3 is 10.1 Å². The van der Waals surface area contributed by atoms with E-state index in [1.807, 2.05) is 16.9 Å². The molecule has 0 aliphatic carbocycles. The third kappa shape index (κ3) is 4.91. The van der Waals surface area contributed by atoms with Crippen molar-refractivity contribution in [3.63, 3.8) is 0 Å². The average molecular weight is 308 g/mol. The molecule has 0 aliphatic rings. The van der Waals surface area contributed by atoms with E-state index in [9.17, 15) is 0 Å². The van der Waals surface area contributed by atoms with E-state index >= 15 is 0 Å². The molecule has 2 heterocycles. The van der Waals surface area contributed by atoms with Gasteiger partial charge in [0.05, 0.1) is 24.5 Å². The summed E-state index contributed by atoms with van der Waals surface area (Å²) >= 11 is 1.70. The molecule has 116 valence electrons. The van der Waals surface area contributed by atoms with Crippen LogP contribution in [0, 0.1) is 0 Å². The van der Waals surface area contributed by atoms with Gasteiger partial charge in [-0.1, -0.05) is 20.8 Å². The first-order valence-electron chi connectivity index (χ1n) is 7.16. The smallest absolute Gasteiger partial charge is 0.114 e. The molecular formula is C15H24N4OS. The molecule has 21 heavy (non-hydrogen) atoms. The third-order valence-electron chi connectivity index (χ3n) is 3.10. The summed E-state index contributed by atoms with van der Waals surface area (Å²) in [6.45, 7) is 9.61. The highest BCUT2D eigenvalue weighted by atomic mass is 32.1. The Labute approximate surface area is 130 Å². The maximum absolute atomic E-state index is 5.00. The second-order valence-corrected chi connectivity index (χ2v) is 6.99. The van der Waals surface area contributed by atoms with Crippen molar-refractivity contribution in [2.45, 2.75) is 39.3 Å². The molecular weight excluding hydrogens is 284 g/mol. The molecule has 0 radical (unpaired) electrons. The van der Waals surface area contributed by atoms with Crippen molar-refractivity contribution in [2.24, 2.45) is 0 Å². The van der Waals surface area contributed by atoms with Gasteiger partial charge in [-0.15, -0.1) is 11.3 Å². The molecule has 2 aromatic heterocycles. The monoisotopic (exact) mass is 308 g/mol. The van der Waals surface area contributed by atoms with E-state index in [1.165, 1.54) is 0 Å². The molecule has 0 unspecified atom stereocenters. The van der Waals surface area contributed by atoms with Gasteiger partial charge in [-0.3, -0.25) is 4.68 Å². The molecule has 2 rings (SSSR count). The van der Waals surface area contributed by atoms with E-state index in [-0.39, 0.29) is 5.41 Å². The van der Waals surface area contributed by atoms with E-state index in [0.717, 1.165) is 42.6 Å². The minimum Gasteiger partial charge on any atom is -0.383 e. The zero-order valence-corrected chi connectivity index (χ0v) is 14.0. The lowest BCUT2D eigenvalue weighted by atomic mass is 9.93. The normalized spacial score (nSPS) is 12.0. The predicted octanol–water partition coefficient (Wildman–Crippen LogP) is 2.42. The van der Waals surface area contributed by atoms with Gasteiger partial charge >= 0.3 is 0 Å². The quantitative estimate of drug-likeness (QED) is 0.798. The lowest BCUT2D eigenvalue weighted by molar-refractivity contribution is 0.199. The van der Waals surface area contributed by atoms with Gasteiger partial charge in [0.15, 0.2) is 0 Å². The summed E-state index contributed by atoms with van der Waals surface area (Å²) < 4.78 is 6.94. The maximum atomic E-state index is 5.00. The minimum atomic E-state index is 0.106. The van der Waals surface area contributed by atoms with E-state index in [4.69, 9.17) is 9.72 Å². The SMILES string of the molecule is COCCNCc1ccn(Cc2nc(C(C)(C)C)cs2)n1. The summed E-state index contributed by atoms with van der Waals surface area (Å²) in [5.41, 5.74) is 2.30. The van der Waals surface area contributed by atoms with Gasteiger partial charge in [0.25, 0.3) is 0 Å². The van der Waals surface area contributed by atoms with Gasteiger partial charge in [-0.25, -0.2) is 4.98 Å². The molecule has 0 aliphatic heterocycles. The van der Waals surface area contributed by atoms with Crippen LogP contribution in [0.2, 0.25) is 0 Å². The number of nitrogens with zero attached hydrogens (tertiary/aromatic N) is 3. The van der Waals surface area contributed by atoms with Crippen LogP contribution in [0.5, 0.6) is 0 Å². The van der Waals surface area contributed by atoms with Crippen molar-refractivity contribution in [2.75, 3.05) is 20.3 Å². The Morgan fingerprint density at radius 2 is 2.19 bits per heavy atom. The number of hydrogen-bond donors (Lipinski definition) is 1. The van der Waals surface area contributed by atoms with Crippen molar-refractivity contribution in [1.82, 2.24) is 20.1 Å². The summed E-state index contributed by atoms with van der Waals surface area (Å²) in [6, 6.07) is 2.04. The highest BCUT2D eigenvalue weighted by Crippen LogP contribution is 2.24. The highest BCUT2D eigenvalue weighted by molar-refractivity contribution is 7.09. The second kappa shape index (κ2) is 7.15. The first-order valence-corrected chi connectivity index (χ1v) is 8.04. The number of ether oxygens (including phenoxy) is 1. The minimum absolute atomic E-state index is 0.106. The third-order valence-corrected chi connectivity index (χ3v) is 3.94. The number of methoxy groups -OCH3 is 1. The van der Waals surface area contributed by atoms with Crippen LogP contribution < -0.4 is 5.32 Å². The van der Waals surface area contributed by atoms with E-state index in [1.54, 1.807) is 18.4 Å². The zero-order chi connectivity index (χ0) is 15.3. The fourth-order valence-electron chi connectivity index (χ4n) is 1.84. The predicted molar refractivity (Wildman–Crippen MR) is 85.7 cm³/mol. The highest BCUT2D eigenvalue weighted by Gasteiger charge is 2.17. The summed E-state index contributed by atoms with van der Waals surface area (Å²) in [6.07, 6.45) is 2.01. The molecule has 0 bridgehead atoms. The molecule has 0 aromatic carbocycles. The van der Waals surface area contributed by atoms with Crippen LogP contribution in [0.4, 0.5) is 0 Å². The van der Waals surface area contributed by atoms with E-state index < -0.39 is 0 Å². The van der Waals surface area contributed by atoms with Crippen LogP contribution >= 0.6 is 11.3 Å². The van der Waals surface area contributed by atoms with Gasteiger partial charge in [-0.05, 0) is 6.07 Å². The van der Waals surface area contributed by atoms with Crippen LogP contribution in [-0.4, -0.2) is 35.0 Å². The molecule has 5 nitrogen and oxygen atoms in total. The Balaban J connectivity index is 1.89. The van der Waals surface area contributed by atoms with Crippen molar-refractivity contribution >= 4 is 11.3 Å². The van der Waals surface area contributed by atoms with Gasteiger partial charge in [0, 0.05) is 37.2 Å². The Kier molecular flexibility index (Phi) is 5.50. The van der Waals surface area contributed by atoms with Crippen molar-refractivity contribution < 1.29 is 4.74 Å². The number of nitrogens with one attached hydrogen (secondary N) is 1. The summed E-state index contributed by atoms with van der Waals surface area (Å²) in [7, 11) is 1.70. The first-order chi connectivity index (χ1) is 9.99. The first kappa shape index (κ1) is 16.1. The van der Waals surface area contributed by atoms with E-state index in [0.29, 0.717) is 0 Å². The fourth-order valence-corrected chi connectivity index (χ4v) is 2.86. The van der Waals surface area contributed by atoms with Crippen LogP contribution in [0.1, 0.15) is 37.2 Å². The Bertz CT molecular complexity index is 556. The average Bonchev–Trinajstić information content (AvgIpc) is 3.04. The molecule has 0 saturated heterocycles. The number of aromatic nitrogens is 3. The second-order valence-electron chi connectivity index (χ2n) is 6.05. The largest absolute Gasteiger partial charge is 0.383 e. The van der Waals surface area contributed by atoms with Crippen molar-refractivity contribution in [1.29, 1.82) is 0 Å². The number of thiazole rings is 1. The molecule has 0 spiro atoms. The Morgan fingerprint density at radius 1 is 1.38 bits per heavy atom. The summed E-state index contributed by atoms with van der Waals surface area (Å²) in [5.74, 6) is 0. The number of hydrogen-bond acceptors (Lipinski definition) is 5. The standard InChI is InChI=1S/C15H24N4OS/c1-15(2,3)13-11-21-14(17-13)10-19-7-5-12(18-19)9-16-6-8-20-4/h5,7,11,16H,6,8-10H2,1-4H3. The maximum Gasteiger partial charge on any atom is 0.114 e. The van der Waals surface area contributed by atoms with Crippen molar-refractivity contribution in [3.05, 3.63) is 34.0 Å². The number of rotatable bonds is 7. The van der Waals surface area contributed by atoms with Crippen LogP contribution in [0.15, 0.2) is 17.6 Å². The van der Waals surface area contributed by atoms with Gasteiger partial charge in [-0.2, -0.15) is 5.10 Å². The van der Waals surface area contributed by atoms with Crippen LogP contribution in [-0.2, 0) is 23.2 Å². The molecule has 0 fully saturated rings. The lowest BCUT2D eigenvalue weighted by Gasteiger charge is -2.14. The van der Waals surface area contributed by atoms with E-state index in [2.05, 4.69) is 36.6 Å². The van der Waals surface area contributed by atoms with Crippen molar-refractivity contribution in [3.8, 4) is 0 Å². The van der Waals surface area contributed by atoms with Gasteiger partial charge in [0.2, 0.25) is 0 Å². The zero-order valence-electron chi connectivity index (χ0n) is 13.2. The molecule has 6 heteroatoms. The molecule has 0 atom stereocenters. The summed E-state index contributed by atoms with van der Waals surface area (Å²) in [5, 5.41) is 11.1. The summed E-state index contributed by atoms with van der Waals surface area (Å²) in [4.78, 5) is 4.70. The Morgan fingerprint density at radius 3 is 2.86 bits per heavy atom. The molecule has 0 amide bonds. The van der Waals surface area contributed by atoms with Crippen LogP contribution in [0.25, 0.3) is 0 Å². The lowest BCUT2D eigenvalue weighted by Crippen LogP contribution is -2.19. The molecule has 0 saturated carbocycles. The van der Waals surface area contributed by atoms with Gasteiger partial charge in [0.1, 0.15) is 5.01 Å². The molecule has 1 N–H and O–H groups in total. The Hall–Kier alpha value is -1.24. The van der Waals surface area contributed by atoms with Crippen LogP contribution in [0.3, 0.4) is 0 Å².